The van der Waals surface area contributed by atoms with Crippen LogP contribution in [0.2, 0.25) is 0 Å². The number of carboxylic acid groups (broad SMARTS) is 2. The second-order valence-corrected chi connectivity index (χ2v) is 5.54. The van der Waals surface area contributed by atoms with E-state index in [9.17, 15) is 14.4 Å². The van der Waals surface area contributed by atoms with E-state index in [0.717, 1.165) is 10.9 Å². The van der Waals surface area contributed by atoms with Gasteiger partial charge in [0.05, 0.1) is 12.6 Å². The van der Waals surface area contributed by atoms with Crippen LogP contribution in [0.5, 0.6) is 5.75 Å². The molecule has 0 fully saturated rings. The van der Waals surface area contributed by atoms with Crippen LogP contribution in [0.15, 0.2) is 29.1 Å². The summed E-state index contributed by atoms with van der Waals surface area (Å²) in [5, 5.41) is 18.7. The predicted octanol–water partition coefficient (Wildman–Crippen LogP) is 1.66. The van der Waals surface area contributed by atoms with E-state index in [4.69, 9.17) is 14.9 Å². The van der Waals surface area contributed by atoms with Gasteiger partial charge in [-0.2, -0.15) is 0 Å². The lowest BCUT2D eigenvalue weighted by Gasteiger charge is -2.14. The molecule has 0 aliphatic carbocycles. The van der Waals surface area contributed by atoms with E-state index in [1.165, 1.54) is 17.7 Å². The number of ether oxygens (including phenoxy) is 1. The van der Waals surface area contributed by atoms with Crippen LogP contribution in [0.25, 0.3) is 10.9 Å². The Balaban J connectivity index is 2.31. The van der Waals surface area contributed by atoms with Crippen LogP contribution in [0.1, 0.15) is 18.4 Å². The third-order valence-electron chi connectivity index (χ3n) is 4.08. The van der Waals surface area contributed by atoms with Crippen molar-refractivity contribution in [3.05, 3.63) is 40.2 Å². The largest absolute Gasteiger partial charge is 0.495 e. The molecule has 7 nitrogen and oxygen atoms in total. The van der Waals surface area contributed by atoms with Gasteiger partial charge in [0, 0.05) is 18.5 Å². The second-order valence-electron chi connectivity index (χ2n) is 5.54. The van der Waals surface area contributed by atoms with Crippen LogP contribution in [-0.4, -0.2) is 33.8 Å². The third-order valence-corrected chi connectivity index (χ3v) is 4.08. The lowest BCUT2D eigenvalue weighted by molar-refractivity contribution is -0.154. The van der Waals surface area contributed by atoms with Crippen molar-refractivity contribution >= 4 is 22.8 Å². The van der Waals surface area contributed by atoms with Crippen molar-refractivity contribution in [1.29, 1.82) is 0 Å². The van der Waals surface area contributed by atoms with Gasteiger partial charge >= 0.3 is 11.9 Å². The first-order valence-corrected chi connectivity index (χ1v) is 7.48. The summed E-state index contributed by atoms with van der Waals surface area (Å²) in [7, 11) is 3.18. The van der Waals surface area contributed by atoms with Crippen molar-refractivity contribution in [1.82, 2.24) is 4.57 Å². The molecule has 0 saturated heterocycles. The Morgan fingerprint density at radius 2 is 1.83 bits per heavy atom. The number of rotatable bonds is 7. The molecule has 1 aromatic heterocycles. The summed E-state index contributed by atoms with van der Waals surface area (Å²) < 4.78 is 6.80. The standard InChI is InChI=1S/C17H19NO6/c1-18-14(19)9-7-11-10(6-8-13(24-2)15(11)18)4-3-5-12(16(20)21)17(22)23/h6-9,12H,3-5H2,1-2H3,(H,20,21)(H,22,23). The number of aliphatic carboxylic acids is 2. The molecule has 0 radical (unpaired) electrons. The van der Waals surface area contributed by atoms with Crippen LogP contribution in [0, 0.1) is 5.92 Å². The topological polar surface area (TPSA) is 106 Å². The van der Waals surface area contributed by atoms with Gasteiger partial charge in [0.1, 0.15) is 5.75 Å². The van der Waals surface area contributed by atoms with Gasteiger partial charge in [-0.05, 0) is 37.0 Å². The Morgan fingerprint density at radius 1 is 1.17 bits per heavy atom. The molecule has 0 atom stereocenters. The second kappa shape index (κ2) is 7.16. The SMILES string of the molecule is COc1ccc(CCCC(C(=O)O)C(=O)O)c2ccc(=O)n(C)c12. The first kappa shape index (κ1) is 17.5. The van der Waals surface area contributed by atoms with Crippen LogP contribution in [-0.2, 0) is 23.1 Å². The monoisotopic (exact) mass is 333 g/mol. The molecule has 0 saturated carbocycles. The molecule has 128 valence electrons. The fourth-order valence-corrected chi connectivity index (χ4v) is 2.77. The molecule has 0 aliphatic rings. The van der Waals surface area contributed by atoms with Gasteiger partial charge in [0.25, 0.3) is 5.56 Å². The lowest BCUT2D eigenvalue weighted by atomic mass is 9.97. The fraction of sp³-hybridized carbons (Fsp3) is 0.353. The van der Waals surface area contributed by atoms with Crippen molar-refractivity contribution in [2.75, 3.05) is 7.11 Å². The van der Waals surface area contributed by atoms with Crippen molar-refractivity contribution in [2.24, 2.45) is 13.0 Å². The fourth-order valence-electron chi connectivity index (χ4n) is 2.77. The average molecular weight is 333 g/mol. The molecule has 2 rings (SSSR count). The molecular weight excluding hydrogens is 314 g/mol. The molecule has 0 unspecified atom stereocenters. The minimum Gasteiger partial charge on any atom is -0.495 e. The maximum Gasteiger partial charge on any atom is 0.317 e. The Hall–Kier alpha value is -2.83. The van der Waals surface area contributed by atoms with E-state index >= 15 is 0 Å². The zero-order valence-electron chi connectivity index (χ0n) is 13.5. The maximum atomic E-state index is 11.8. The number of carbonyl (C=O) groups is 2. The minimum atomic E-state index is -1.40. The number of methoxy groups -OCH3 is 1. The highest BCUT2D eigenvalue weighted by Gasteiger charge is 2.25. The van der Waals surface area contributed by atoms with Crippen molar-refractivity contribution < 1.29 is 24.5 Å². The van der Waals surface area contributed by atoms with Crippen molar-refractivity contribution in [3.8, 4) is 5.75 Å². The van der Waals surface area contributed by atoms with E-state index in [1.54, 1.807) is 19.2 Å². The van der Waals surface area contributed by atoms with Gasteiger partial charge in [0.2, 0.25) is 0 Å². The Morgan fingerprint density at radius 3 is 2.42 bits per heavy atom. The van der Waals surface area contributed by atoms with Crippen LogP contribution in [0.3, 0.4) is 0 Å². The smallest absolute Gasteiger partial charge is 0.317 e. The zero-order chi connectivity index (χ0) is 17.9. The highest BCUT2D eigenvalue weighted by molar-refractivity contribution is 5.92. The zero-order valence-corrected chi connectivity index (χ0v) is 13.5. The molecule has 2 N–H and O–H groups in total. The van der Waals surface area contributed by atoms with Gasteiger partial charge < -0.3 is 19.5 Å². The van der Waals surface area contributed by atoms with Gasteiger partial charge in [-0.3, -0.25) is 14.4 Å². The number of fused-ring (bicyclic) bond motifs is 1. The summed E-state index contributed by atoms with van der Waals surface area (Å²) in [6, 6.07) is 6.77. The van der Waals surface area contributed by atoms with Gasteiger partial charge in [-0.1, -0.05) is 6.07 Å². The molecule has 7 heteroatoms. The average Bonchev–Trinajstić information content (AvgIpc) is 2.54. The quantitative estimate of drug-likeness (QED) is 0.746. The first-order valence-electron chi connectivity index (χ1n) is 7.48. The molecule has 0 aliphatic heterocycles. The Labute approximate surface area is 138 Å². The van der Waals surface area contributed by atoms with E-state index in [2.05, 4.69) is 0 Å². The maximum absolute atomic E-state index is 11.8. The number of carboxylic acids is 2. The Bertz CT molecular complexity index is 825. The number of benzene rings is 1. The number of aryl methyl sites for hydroxylation is 2. The molecule has 24 heavy (non-hydrogen) atoms. The lowest BCUT2D eigenvalue weighted by Crippen LogP contribution is -2.23. The van der Waals surface area contributed by atoms with E-state index < -0.39 is 17.9 Å². The number of hydrogen-bond donors (Lipinski definition) is 2. The van der Waals surface area contributed by atoms with Crippen LogP contribution >= 0.6 is 0 Å². The molecule has 2 aromatic rings. The molecule has 0 amide bonds. The summed E-state index contributed by atoms with van der Waals surface area (Å²) in [5.41, 5.74) is 1.42. The van der Waals surface area contributed by atoms with Gasteiger partial charge in [-0.15, -0.1) is 0 Å². The number of nitrogens with zero attached hydrogens (tertiary/aromatic N) is 1. The molecule has 1 aromatic carbocycles. The molecule has 1 heterocycles. The van der Waals surface area contributed by atoms with Gasteiger partial charge in [0.15, 0.2) is 5.92 Å². The molecule has 0 bridgehead atoms. The molecule has 0 spiro atoms. The molecular formula is C17H19NO6. The highest BCUT2D eigenvalue weighted by Crippen LogP contribution is 2.28. The van der Waals surface area contributed by atoms with Crippen LogP contribution < -0.4 is 10.3 Å². The Kier molecular flexibility index (Phi) is 5.23. The van der Waals surface area contributed by atoms with Crippen molar-refractivity contribution in [2.45, 2.75) is 19.3 Å². The summed E-state index contributed by atoms with van der Waals surface area (Å²) in [4.78, 5) is 33.7. The third kappa shape index (κ3) is 3.40. The first-order chi connectivity index (χ1) is 11.4. The van der Waals surface area contributed by atoms with Crippen LogP contribution in [0.4, 0.5) is 0 Å². The minimum absolute atomic E-state index is 0.0456. The normalized spacial score (nSPS) is 11.0. The predicted molar refractivity (Wildman–Crippen MR) is 87.4 cm³/mol. The van der Waals surface area contributed by atoms with Crippen molar-refractivity contribution in [3.63, 3.8) is 0 Å². The van der Waals surface area contributed by atoms with E-state index in [-0.39, 0.29) is 12.0 Å². The summed E-state index contributed by atoms with van der Waals surface area (Å²) in [6.07, 6.45) is 0.966. The van der Waals surface area contributed by atoms with E-state index in [1.807, 2.05) is 6.07 Å². The summed E-state index contributed by atoms with van der Waals surface area (Å²) in [6.45, 7) is 0. The van der Waals surface area contributed by atoms with Gasteiger partial charge in [-0.25, -0.2) is 0 Å². The van der Waals surface area contributed by atoms with E-state index in [0.29, 0.717) is 24.1 Å². The highest BCUT2D eigenvalue weighted by atomic mass is 16.5. The number of pyridine rings is 1. The number of aromatic nitrogens is 1. The summed E-state index contributed by atoms with van der Waals surface area (Å²) in [5.74, 6) is -3.49. The summed E-state index contributed by atoms with van der Waals surface area (Å²) >= 11 is 0. The number of hydrogen-bond acceptors (Lipinski definition) is 4.